The molecule has 2 heterocycles. The highest BCUT2D eigenvalue weighted by molar-refractivity contribution is 9.10. The predicted molar refractivity (Wildman–Crippen MR) is 129 cm³/mol. The van der Waals surface area contributed by atoms with E-state index in [-0.39, 0.29) is 22.5 Å². The number of nitrogens with zero attached hydrogens (tertiary/aromatic N) is 4. The average Bonchev–Trinajstić information content (AvgIpc) is 2.78. The molecule has 0 bridgehead atoms. The summed E-state index contributed by atoms with van der Waals surface area (Å²) in [5.74, 6) is 1.09. The molecule has 2 aromatic rings. The summed E-state index contributed by atoms with van der Waals surface area (Å²) in [5.41, 5.74) is 2.95. The largest absolute Gasteiger partial charge is 0.506 e. The van der Waals surface area contributed by atoms with Crippen LogP contribution in [0.5, 0.6) is 5.75 Å². The Bertz CT molecular complexity index is 1000. The van der Waals surface area contributed by atoms with Gasteiger partial charge < -0.3 is 19.5 Å². The highest BCUT2D eigenvalue weighted by Gasteiger charge is 2.17. The van der Waals surface area contributed by atoms with Crippen molar-refractivity contribution >= 4 is 51.8 Å². The second kappa shape index (κ2) is 12.4. The number of nitrogens with one attached hydrogen (secondary N) is 1. The fraction of sp³-hybridized carbons (Fsp3) is 0.286. The Kier molecular flexibility index (Phi) is 9.89. The van der Waals surface area contributed by atoms with Crippen molar-refractivity contribution in [2.75, 3.05) is 36.6 Å². The van der Waals surface area contributed by atoms with Gasteiger partial charge in [0.15, 0.2) is 11.6 Å². The topological polar surface area (TPSA) is 92.1 Å². The summed E-state index contributed by atoms with van der Waals surface area (Å²) in [6, 6.07) is 3.31. The first kappa shape index (κ1) is 25.6. The van der Waals surface area contributed by atoms with Crippen molar-refractivity contribution in [2.45, 2.75) is 13.8 Å². The Morgan fingerprint density at radius 3 is 2.75 bits per heavy atom. The second-order valence-corrected chi connectivity index (χ2v) is 7.77. The number of phenols is 1. The van der Waals surface area contributed by atoms with Gasteiger partial charge in [-0.25, -0.2) is 14.8 Å². The zero-order valence-corrected chi connectivity index (χ0v) is 20.1. The second-order valence-electron chi connectivity index (χ2n) is 6.44. The van der Waals surface area contributed by atoms with E-state index in [0.29, 0.717) is 43.4 Å². The molecule has 32 heavy (non-hydrogen) atoms. The van der Waals surface area contributed by atoms with Crippen LogP contribution in [0.1, 0.15) is 19.4 Å². The minimum absolute atomic E-state index is 0.0289. The lowest BCUT2D eigenvalue weighted by molar-refractivity contribution is 0.122. The Morgan fingerprint density at radius 1 is 1.44 bits per heavy atom. The third kappa shape index (κ3) is 7.18. The fourth-order valence-electron chi connectivity index (χ4n) is 2.57. The number of hydrogen-bond acceptors (Lipinski definition) is 8. The van der Waals surface area contributed by atoms with Crippen LogP contribution < -0.4 is 10.3 Å². The molecule has 0 saturated carbocycles. The number of aromatic hydroxyl groups is 1. The maximum absolute atomic E-state index is 13.5. The lowest BCUT2D eigenvalue weighted by Gasteiger charge is -2.27. The van der Waals surface area contributed by atoms with Crippen LogP contribution in [0.3, 0.4) is 0 Å². The standard InChI is InChI=1S/C12H12BrClO2.C9H12FN5O/c1-4-7(2)16-8(3)10-5-9(13)6-11(14)12(10)15;1-11-14-9-12-6-7(10)8(13-9)15-2-4-16-5-3-15/h4-6,15H,3H2,1-2H3;6H,1-5H2,(H,12,13,14)/b7-4-;. The van der Waals surface area contributed by atoms with Gasteiger partial charge in [-0.1, -0.05) is 34.1 Å². The highest BCUT2D eigenvalue weighted by Crippen LogP contribution is 2.35. The molecule has 0 spiro atoms. The Labute approximate surface area is 199 Å². The number of rotatable bonds is 6. The molecule has 1 aromatic carbocycles. The Hall–Kier alpha value is -2.69. The number of hydrogen-bond donors (Lipinski definition) is 2. The minimum atomic E-state index is -0.448. The molecule has 1 fully saturated rings. The third-order valence-corrected chi connectivity index (χ3v) is 4.98. The number of aromatic nitrogens is 2. The van der Waals surface area contributed by atoms with Gasteiger partial charge in [-0.3, -0.25) is 0 Å². The molecule has 8 nitrogen and oxygen atoms in total. The van der Waals surface area contributed by atoms with Crippen LogP contribution in [-0.4, -0.2) is 48.1 Å². The van der Waals surface area contributed by atoms with E-state index in [1.54, 1.807) is 12.1 Å². The molecule has 172 valence electrons. The van der Waals surface area contributed by atoms with Gasteiger partial charge in [0.1, 0.15) is 11.5 Å². The van der Waals surface area contributed by atoms with E-state index in [1.807, 2.05) is 24.8 Å². The number of morpholine rings is 1. The number of hydrazone groups is 1. The van der Waals surface area contributed by atoms with Gasteiger partial charge in [-0.15, -0.1) is 0 Å². The fourth-order valence-corrected chi connectivity index (χ4v) is 3.38. The minimum Gasteiger partial charge on any atom is -0.506 e. The molecule has 1 aromatic heterocycles. The first-order valence-corrected chi connectivity index (χ1v) is 10.7. The quantitative estimate of drug-likeness (QED) is 0.302. The lowest BCUT2D eigenvalue weighted by Crippen LogP contribution is -2.37. The van der Waals surface area contributed by atoms with Gasteiger partial charge in [0.05, 0.1) is 35.8 Å². The van der Waals surface area contributed by atoms with Crippen LogP contribution in [0, 0.1) is 5.82 Å². The molecule has 1 aliphatic rings. The van der Waals surface area contributed by atoms with E-state index in [0.717, 1.165) is 10.7 Å². The molecule has 11 heteroatoms. The van der Waals surface area contributed by atoms with E-state index in [1.165, 1.54) is 0 Å². The van der Waals surface area contributed by atoms with Crippen molar-refractivity contribution in [1.82, 2.24) is 9.97 Å². The average molecular weight is 529 g/mol. The number of phenolic OH excluding ortho intramolecular Hbond substituents is 1. The number of anilines is 2. The van der Waals surface area contributed by atoms with Crippen molar-refractivity contribution in [3.05, 3.63) is 57.6 Å². The first-order valence-electron chi connectivity index (χ1n) is 9.51. The van der Waals surface area contributed by atoms with E-state index < -0.39 is 5.82 Å². The van der Waals surface area contributed by atoms with Crippen LogP contribution in [-0.2, 0) is 9.47 Å². The zero-order valence-electron chi connectivity index (χ0n) is 17.7. The Balaban J connectivity index is 0.000000227. The summed E-state index contributed by atoms with van der Waals surface area (Å²) in [4.78, 5) is 9.57. The number of benzene rings is 1. The molecule has 1 aliphatic heterocycles. The maximum Gasteiger partial charge on any atom is 0.245 e. The summed E-state index contributed by atoms with van der Waals surface area (Å²) < 4.78 is 24.9. The van der Waals surface area contributed by atoms with E-state index >= 15 is 0 Å². The van der Waals surface area contributed by atoms with Crippen molar-refractivity contribution in [3.63, 3.8) is 0 Å². The van der Waals surface area contributed by atoms with Crippen LogP contribution in [0.25, 0.3) is 5.76 Å². The van der Waals surface area contributed by atoms with Crippen LogP contribution in [0.15, 0.2) is 46.3 Å². The van der Waals surface area contributed by atoms with Gasteiger partial charge in [0.2, 0.25) is 5.95 Å². The predicted octanol–water partition coefficient (Wildman–Crippen LogP) is 5.20. The molecule has 1 saturated heterocycles. The van der Waals surface area contributed by atoms with Crippen LogP contribution in [0.4, 0.5) is 16.2 Å². The number of allylic oxidation sites excluding steroid dienone is 2. The molecule has 0 radical (unpaired) electrons. The smallest absolute Gasteiger partial charge is 0.245 e. The molecule has 0 unspecified atom stereocenters. The number of halogens is 3. The molecule has 0 atom stereocenters. The SMILES string of the molecule is C=C(O/C(C)=C\C)c1cc(Br)cc(Cl)c1O.C=NNc1ncc(F)c(N2CCOCC2)n1. The molecular weight excluding hydrogens is 505 g/mol. The summed E-state index contributed by atoms with van der Waals surface area (Å²) >= 11 is 9.13. The molecular formula is C21H24BrClFN5O3. The van der Waals surface area contributed by atoms with Crippen LogP contribution in [0.2, 0.25) is 5.02 Å². The summed E-state index contributed by atoms with van der Waals surface area (Å²) in [6.07, 6.45) is 2.92. The number of ether oxygens (including phenoxy) is 2. The van der Waals surface area contributed by atoms with Crippen molar-refractivity contribution in [3.8, 4) is 5.75 Å². The van der Waals surface area contributed by atoms with Gasteiger partial charge in [0, 0.05) is 24.3 Å². The van der Waals surface area contributed by atoms with Gasteiger partial charge in [0.25, 0.3) is 0 Å². The van der Waals surface area contributed by atoms with Gasteiger partial charge >= 0.3 is 0 Å². The van der Waals surface area contributed by atoms with Gasteiger partial charge in [-0.2, -0.15) is 10.1 Å². The van der Waals surface area contributed by atoms with Crippen molar-refractivity contribution in [1.29, 1.82) is 0 Å². The van der Waals surface area contributed by atoms with Crippen LogP contribution >= 0.6 is 27.5 Å². The third-order valence-electron chi connectivity index (χ3n) is 4.23. The van der Waals surface area contributed by atoms with Crippen molar-refractivity contribution < 1.29 is 19.0 Å². The highest BCUT2D eigenvalue weighted by atomic mass is 79.9. The van der Waals surface area contributed by atoms with E-state index in [4.69, 9.17) is 21.1 Å². The monoisotopic (exact) mass is 527 g/mol. The normalized spacial score (nSPS) is 13.7. The van der Waals surface area contributed by atoms with E-state index in [9.17, 15) is 9.50 Å². The summed E-state index contributed by atoms with van der Waals surface area (Å²) in [6.45, 7) is 13.1. The maximum atomic E-state index is 13.5. The van der Waals surface area contributed by atoms with E-state index in [2.05, 4.69) is 49.7 Å². The first-order chi connectivity index (χ1) is 15.3. The van der Waals surface area contributed by atoms with Gasteiger partial charge in [-0.05, 0) is 32.1 Å². The summed E-state index contributed by atoms with van der Waals surface area (Å²) in [5, 5.41) is 13.5. The zero-order chi connectivity index (χ0) is 23.7. The Morgan fingerprint density at radius 2 is 2.12 bits per heavy atom. The van der Waals surface area contributed by atoms with Crippen molar-refractivity contribution in [2.24, 2.45) is 5.10 Å². The lowest BCUT2D eigenvalue weighted by atomic mass is 10.2. The molecule has 0 aliphatic carbocycles. The molecule has 2 N–H and O–H groups in total. The molecule has 0 amide bonds. The summed E-state index contributed by atoms with van der Waals surface area (Å²) in [7, 11) is 0. The molecule has 3 rings (SSSR count).